The number of hydrogen-bond donors (Lipinski definition) is 2. The van der Waals surface area contributed by atoms with Crippen LogP contribution in [-0.4, -0.2) is 25.6 Å². The van der Waals surface area contributed by atoms with Crippen molar-refractivity contribution < 1.29 is 10.3 Å². The fourth-order valence-electron chi connectivity index (χ4n) is 1.51. The van der Waals surface area contributed by atoms with Crippen LogP contribution >= 0.6 is 0 Å². The van der Waals surface area contributed by atoms with Crippen LogP contribution in [0.1, 0.15) is 12.2 Å². The number of imidazole rings is 1. The molecular formula is C10H12N2O2. The molecule has 0 aliphatic heterocycles. The van der Waals surface area contributed by atoms with Crippen molar-refractivity contribution in [3.63, 3.8) is 0 Å². The Kier molecular flexibility index (Phi) is 2.13. The largest absolute Gasteiger partial charge is 0.427 e. The van der Waals surface area contributed by atoms with E-state index in [9.17, 15) is 10.3 Å². The second kappa shape index (κ2) is 3.31. The first-order valence-corrected chi connectivity index (χ1v) is 4.48. The van der Waals surface area contributed by atoms with E-state index in [-0.39, 0.29) is 0 Å². The van der Waals surface area contributed by atoms with Crippen molar-refractivity contribution in [1.82, 2.24) is 9.71 Å². The first-order valence-electron chi connectivity index (χ1n) is 4.48. The lowest BCUT2D eigenvalue weighted by Crippen LogP contribution is -2.30. The Bertz CT molecular complexity index is 381. The molecule has 1 unspecified atom stereocenters. The van der Waals surface area contributed by atoms with Gasteiger partial charge in [-0.3, -0.25) is 0 Å². The summed E-state index contributed by atoms with van der Waals surface area (Å²) in [6.07, 6.45) is 11.1. The van der Waals surface area contributed by atoms with Gasteiger partial charge in [0.05, 0.1) is 11.8 Å². The minimum atomic E-state index is -0.916. The van der Waals surface area contributed by atoms with Crippen molar-refractivity contribution in [2.75, 3.05) is 0 Å². The number of aliphatic hydroxyl groups is 1. The van der Waals surface area contributed by atoms with Gasteiger partial charge >= 0.3 is 0 Å². The third kappa shape index (κ3) is 1.70. The summed E-state index contributed by atoms with van der Waals surface area (Å²) in [4.78, 5) is 3.95. The molecule has 2 N–H and O–H groups in total. The van der Waals surface area contributed by atoms with Gasteiger partial charge in [-0.25, -0.2) is 4.98 Å². The van der Waals surface area contributed by atoms with Gasteiger partial charge in [0.15, 0.2) is 0 Å². The van der Waals surface area contributed by atoms with Crippen molar-refractivity contribution in [3.05, 3.63) is 42.5 Å². The topological polar surface area (TPSA) is 58.3 Å². The van der Waals surface area contributed by atoms with E-state index in [2.05, 4.69) is 4.98 Å². The van der Waals surface area contributed by atoms with Crippen molar-refractivity contribution in [2.45, 2.75) is 18.4 Å². The Morgan fingerprint density at radius 1 is 1.50 bits per heavy atom. The zero-order chi connectivity index (χ0) is 10.0. The van der Waals surface area contributed by atoms with Gasteiger partial charge in [0.25, 0.3) is 0 Å². The fraction of sp³-hybridized carbons (Fsp3) is 0.300. The Labute approximate surface area is 81.8 Å². The second-order valence-electron chi connectivity index (χ2n) is 3.46. The molecule has 1 aliphatic rings. The third-order valence-electron chi connectivity index (χ3n) is 2.29. The standard InChI is InChI=1S/C10H12N2O2/c13-10(4-2-1-3-5-10)8-9-11-6-7-12(9)14/h1-4,6-7,13-14H,5,8H2. The third-order valence-corrected chi connectivity index (χ3v) is 2.29. The molecule has 0 saturated carbocycles. The SMILES string of the molecule is On1ccnc1CC1(O)C=CC=CC1. The van der Waals surface area contributed by atoms with Gasteiger partial charge in [-0.2, -0.15) is 4.73 Å². The minimum absolute atomic E-state index is 0.317. The van der Waals surface area contributed by atoms with Crippen molar-refractivity contribution in [3.8, 4) is 0 Å². The van der Waals surface area contributed by atoms with Crippen molar-refractivity contribution in [2.24, 2.45) is 0 Å². The molecule has 1 aromatic heterocycles. The number of nitrogens with zero attached hydrogens (tertiary/aromatic N) is 2. The van der Waals surface area contributed by atoms with Crippen LogP contribution in [0.2, 0.25) is 0 Å². The highest BCUT2D eigenvalue weighted by atomic mass is 16.5. The molecular weight excluding hydrogens is 180 g/mol. The molecule has 0 spiro atoms. The first kappa shape index (κ1) is 9.02. The molecule has 74 valence electrons. The first-order chi connectivity index (χ1) is 6.70. The molecule has 4 nitrogen and oxygen atoms in total. The molecule has 0 aromatic carbocycles. The lowest BCUT2D eigenvalue weighted by Gasteiger charge is -2.23. The normalized spacial score (nSPS) is 25.5. The van der Waals surface area contributed by atoms with Crippen LogP contribution in [0.4, 0.5) is 0 Å². The summed E-state index contributed by atoms with van der Waals surface area (Å²) in [5.74, 6) is 0.465. The fourth-order valence-corrected chi connectivity index (χ4v) is 1.51. The van der Waals surface area contributed by atoms with Crippen LogP contribution in [-0.2, 0) is 6.42 Å². The monoisotopic (exact) mass is 192 g/mol. The maximum Gasteiger partial charge on any atom is 0.147 e. The zero-order valence-corrected chi connectivity index (χ0v) is 7.67. The van der Waals surface area contributed by atoms with Gasteiger partial charge in [0.1, 0.15) is 5.82 Å². The highest BCUT2D eigenvalue weighted by molar-refractivity contribution is 5.19. The summed E-state index contributed by atoms with van der Waals surface area (Å²) < 4.78 is 0.935. The summed E-state index contributed by atoms with van der Waals surface area (Å²) in [7, 11) is 0. The Balaban J connectivity index is 2.15. The van der Waals surface area contributed by atoms with E-state index in [1.54, 1.807) is 12.2 Å². The van der Waals surface area contributed by atoms with E-state index in [1.807, 2.05) is 12.2 Å². The quantitative estimate of drug-likeness (QED) is 0.685. The Hall–Kier alpha value is -1.55. The number of rotatable bonds is 2. The molecule has 4 heteroatoms. The maximum atomic E-state index is 10.1. The molecule has 0 amide bonds. The Morgan fingerprint density at radius 3 is 2.93 bits per heavy atom. The lowest BCUT2D eigenvalue weighted by molar-refractivity contribution is 0.0802. The van der Waals surface area contributed by atoms with Gasteiger partial charge in [-0.05, 0) is 6.42 Å². The molecule has 2 rings (SSSR count). The van der Waals surface area contributed by atoms with Crippen LogP contribution in [0.3, 0.4) is 0 Å². The molecule has 0 bridgehead atoms. The van der Waals surface area contributed by atoms with Crippen molar-refractivity contribution in [1.29, 1.82) is 0 Å². The molecule has 14 heavy (non-hydrogen) atoms. The molecule has 1 heterocycles. The average Bonchev–Trinajstić information content (AvgIpc) is 2.52. The van der Waals surface area contributed by atoms with E-state index in [0.29, 0.717) is 18.7 Å². The molecule has 1 atom stereocenters. The van der Waals surface area contributed by atoms with Gasteiger partial charge < -0.3 is 10.3 Å². The van der Waals surface area contributed by atoms with E-state index in [1.165, 1.54) is 12.4 Å². The van der Waals surface area contributed by atoms with Crippen molar-refractivity contribution >= 4 is 0 Å². The van der Waals surface area contributed by atoms with E-state index < -0.39 is 5.60 Å². The molecule has 0 radical (unpaired) electrons. The molecule has 1 aliphatic carbocycles. The summed E-state index contributed by atoms with van der Waals surface area (Å²) >= 11 is 0. The van der Waals surface area contributed by atoms with Gasteiger partial charge in [-0.15, -0.1) is 0 Å². The number of hydrogen-bond acceptors (Lipinski definition) is 3. The number of aromatic nitrogens is 2. The van der Waals surface area contributed by atoms with E-state index >= 15 is 0 Å². The van der Waals surface area contributed by atoms with Crippen LogP contribution in [0, 0.1) is 0 Å². The Morgan fingerprint density at radius 2 is 2.36 bits per heavy atom. The smallest absolute Gasteiger partial charge is 0.147 e. The minimum Gasteiger partial charge on any atom is -0.427 e. The second-order valence-corrected chi connectivity index (χ2v) is 3.46. The van der Waals surface area contributed by atoms with E-state index in [4.69, 9.17) is 0 Å². The predicted molar refractivity (Wildman–Crippen MR) is 51.0 cm³/mol. The lowest BCUT2D eigenvalue weighted by atomic mass is 9.92. The average molecular weight is 192 g/mol. The summed E-state index contributed by atoms with van der Waals surface area (Å²) in [6, 6.07) is 0. The summed E-state index contributed by atoms with van der Waals surface area (Å²) in [5, 5.41) is 19.4. The summed E-state index contributed by atoms with van der Waals surface area (Å²) in [5.41, 5.74) is -0.916. The predicted octanol–water partition coefficient (Wildman–Crippen LogP) is 0.910. The van der Waals surface area contributed by atoms with Gasteiger partial charge in [0.2, 0.25) is 0 Å². The van der Waals surface area contributed by atoms with Crippen LogP contribution in [0.5, 0.6) is 0 Å². The molecule has 0 fully saturated rings. The number of allylic oxidation sites excluding steroid dienone is 2. The molecule has 1 aromatic rings. The summed E-state index contributed by atoms with van der Waals surface area (Å²) in [6.45, 7) is 0. The van der Waals surface area contributed by atoms with Crippen LogP contribution in [0.15, 0.2) is 36.7 Å². The van der Waals surface area contributed by atoms with Crippen LogP contribution in [0.25, 0.3) is 0 Å². The van der Waals surface area contributed by atoms with Crippen LogP contribution < -0.4 is 0 Å². The molecule has 0 saturated heterocycles. The van der Waals surface area contributed by atoms with E-state index in [0.717, 1.165) is 4.73 Å². The van der Waals surface area contributed by atoms with Gasteiger partial charge in [0, 0.05) is 12.6 Å². The zero-order valence-electron chi connectivity index (χ0n) is 7.67. The highest BCUT2D eigenvalue weighted by Crippen LogP contribution is 2.21. The van der Waals surface area contributed by atoms with Gasteiger partial charge in [-0.1, -0.05) is 24.3 Å². The maximum absolute atomic E-state index is 10.1. The highest BCUT2D eigenvalue weighted by Gasteiger charge is 2.25.